The zero-order valence-electron chi connectivity index (χ0n) is 9.59. The Hall–Kier alpha value is 0.530. The lowest BCUT2D eigenvalue weighted by atomic mass is 9.97. The summed E-state index contributed by atoms with van der Waals surface area (Å²) in [7, 11) is 0. The summed E-state index contributed by atoms with van der Waals surface area (Å²) in [5.74, 6) is 2.04. The van der Waals surface area contributed by atoms with E-state index in [1.807, 2.05) is 11.8 Å². The lowest BCUT2D eigenvalue weighted by molar-refractivity contribution is 0.536. The molecular formula is C13H18Br2S. The van der Waals surface area contributed by atoms with Crippen LogP contribution in [-0.4, -0.2) is 17.3 Å². The summed E-state index contributed by atoms with van der Waals surface area (Å²) in [5.41, 5.74) is 1.43. The SMILES string of the molecule is CSCCCC(CBr)Cc1cccc(Br)c1. The van der Waals surface area contributed by atoms with Crippen LogP contribution in [0.4, 0.5) is 0 Å². The van der Waals surface area contributed by atoms with Gasteiger partial charge >= 0.3 is 0 Å². The molecular weight excluding hydrogens is 348 g/mol. The third-order valence-electron chi connectivity index (χ3n) is 2.59. The van der Waals surface area contributed by atoms with Gasteiger partial charge < -0.3 is 0 Å². The van der Waals surface area contributed by atoms with Crippen LogP contribution in [0.1, 0.15) is 18.4 Å². The third kappa shape index (κ3) is 5.74. The van der Waals surface area contributed by atoms with Gasteiger partial charge in [-0.05, 0) is 54.9 Å². The van der Waals surface area contributed by atoms with Crippen molar-refractivity contribution in [2.75, 3.05) is 17.3 Å². The quantitative estimate of drug-likeness (QED) is 0.475. The maximum Gasteiger partial charge on any atom is 0.0177 e. The molecule has 1 rings (SSSR count). The second kappa shape index (κ2) is 8.60. The van der Waals surface area contributed by atoms with Crippen molar-refractivity contribution in [2.45, 2.75) is 19.3 Å². The molecule has 0 nitrogen and oxygen atoms in total. The number of hydrogen-bond acceptors (Lipinski definition) is 1. The first-order valence-corrected chi connectivity index (χ1v) is 8.86. The fraction of sp³-hybridized carbons (Fsp3) is 0.538. The molecule has 0 saturated heterocycles. The first-order valence-electron chi connectivity index (χ1n) is 5.55. The zero-order chi connectivity index (χ0) is 11.8. The molecule has 0 amide bonds. The van der Waals surface area contributed by atoms with Crippen LogP contribution in [0.25, 0.3) is 0 Å². The summed E-state index contributed by atoms with van der Waals surface area (Å²) in [6, 6.07) is 8.65. The Labute approximate surface area is 120 Å². The van der Waals surface area contributed by atoms with E-state index in [0.29, 0.717) is 0 Å². The molecule has 0 aliphatic heterocycles. The minimum absolute atomic E-state index is 0.765. The van der Waals surface area contributed by atoms with Crippen LogP contribution in [-0.2, 0) is 6.42 Å². The lowest BCUT2D eigenvalue weighted by Crippen LogP contribution is -2.06. The molecule has 90 valence electrons. The zero-order valence-corrected chi connectivity index (χ0v) is 13.6. The van der Waals surface area contributed by atoms with E-state index in [-0.39, 0.29) is 0 Å². The van der Waals surface area contributed by atoms with E-state index in [4.69, 9.17) is 0 Å². The summed E-state index contributed by atoms with van der Waals surface area (Å²) >= 11 is 9.09. The van der Waals surface area contributed by atoms with Crippen LogP contribution >= 0.6 is 43.6 Å². The minimum atomic E-state index is 0.765. The van der Waals surface area contributed by atoms with Crippen LogP contribution in [0.5, 0.6) is 0 Å². The van der Waals surface area contributed by atoms with Crippen molar-refractivity contribution in [1.29, 1.82) is 0 Å². The number of benzene rings is 1. The average molecular weight is 366 g/mol. The Morgan fingerprint density at radius 3 is 2.81 bits per heavy atom. The Morgan fingerprint density at radius 1 is 1.38 bits per heavy atom. The van der Waals surface area contributed by atoms with Crippen molar-refractivity contribution >= 4 is 43.6 Å². The van der Waals surface area contributed by atoms with Gasteiger partial charge in [-0.25, -0.2) is 0 Å². The van der Waals surface area contributed by atoms with E-state index in [1.54, 1.807) is 0 Å². The van der Waals surface area contributed by atoms with Gasteiger partial charge in [0, 0.05) is 9.80 Å². The number of rotatable bonds is 7. The van der Waals surface area contributed by atoms with Crippen molar-refractivity contribution in [1.82, 2.24) is 0 Å². The van der Waals surface area contributed by atoms with E-state index in [0.717, 1.165) is 11.2 Å². The van der Waals surface area contributed by atoms with Gasteiger partial charge in [-0.1, -0.05) is 44.0 Å². The molecule has 0 bridgehead atoms. The average Bonchev–Trinajstić information content (AvgIpc) is 2.28. The highest BCUT2D eigenvalue weighted by atomic mass is 79.9. The second-order valence-corrected chi connectivity index (χ2v) is 6.54. The summed E-state index contributed by atoms with van der Waals surface area (Å²) < 4.78 is 1.18. The number of thioether (sulfide) groups is 1. The van der Waals surface area contributed by atoms with Crippen molar-refractivity contribution in [3.63, 3.8) is 0 Å². The Kier molecular flexibility index (Phi) is 7.84. The summed E-state index contributed by atoms with van der Waals surface area (Å²) in [5, 5.41) is 1.11. The standard InChI is InChI=1S/C13H18Br2S/c1-16-7-3-5-12(10-14)8-11-4-2-6-13(15)9-11/h2,4,6,9,12H,3,5,7-8,10H2,1H3. The normalized spacial score (nSPS) is 12.7. The minimum Gasteiger partial charge on any atom is -0.165 e. The second-order valence-electron chi connectivity index (χ2n) is 3.99. The first kappa shape index (κ1) is 14.6. The summed E-state index contributed by atoms with van der Waals surface area (Å²) in [6.07, 6.45) is 6.00. The lowest BCUT2D eigenvalue weighted by Gasteiger charge is -2.13. The highest BCUT2D eigenvalue weighted by molar-refractivity contribution is 9.10. The largest absolute Gasteiger partial charge is 0.165 e. The highest BCUT2D eigenvalue weighted by Gasteiger charge is 2.08. The molecule has 0 aromatic heterocycles. The summed E-state index contributed by atoms with van der Waals surface area (Å²) in [6.45, 7) is 0. The molecule has 16 heavy (non-hydrogen) atoms. The van der Waals surface area contributed by atoms with Crippen molar-refractivity contribution in [3.05, 3.63) is 34.3 Å². The molecule has 1 unspecified atom stereocenters. The van der Waals surface area contributed by atoms with E-state index in [1.165, 1.54) is 35.1 Å². The Morgan fingerprint density at radius 2 is 2.19 bits per heavy atom. The maximum absolute atomic E-state index is 3.63. The van der Waals surface area contributed by atoms with Gasteiger partial charge in [-0.3, -0.25) is 0 Å². The molecule has 0 heterocycles. The van der Waals surface area contributed by atoms with Gasteiger partial charge in [0.2, 0.25) is 0 Å². The predicted molar refractivity (Wildman–Crippen MR) is 82.7 cm³/mol. The van der Waals surface area contributed by atoms with Gasteiger partial charge in [0.15, 0.2) is 0 Å². The van der Waals surface area contributed by atoms with Gasteiger partial charge in [0.1, 0.15) is 0 Å². The number of hydrogen-bond donors (Lipinski definition) is 0. The fourth-order valence-corrected chi connectivity index (χ4v) is 3.20. The molecule has 0 aliphatic carbocycles. The van der Waals surface area contributed by atoms with Gasteiger partial charge in [0.25, 0.3) is 0 Å². The maximum atomic E-state index is 3.63. The molecule has 0 radical (unpaired) electrons. The van der Waals surface area contributed by atoms with Gasteiger partial charge in [0.05, 0.1) is 0 Å². The monoisotopic (exact) mass is 364 g/mol. The molecule has 0 saturated carbocycles. The van der Waals surface area contributed by atoms with Crippen molar-refractivity contribution in [2.24, 2.45) is 5.92 Å². The molecule has 0 N–H and O–H groups in total. The molecule has 1 atom stereocenters. The summed E-state index contributed by atoms with van der Waals surface area (Å²) in [4.78, 5) is 0. The third-order valence-corrected chi connectivity index (χ3v) is 4.70. The fourth-order valence-electron chi connectivity index (χ4n) is 1.75. The van der Waals surface area contributed by atoms with Crippen molar-refractivity contribution in [3.8, 4) is 0 Å². The van der Waals surface area contributed by atoms with E-state index in [9.17, 15) is 0 Å². The van der Waals surface area contributed by atoms with Gasteiger partial charge in [-0.2, -0.15) is 11.8 Å². The topological polar surface area (TPSA) is 0 Å². The molecule has 1 aromatic carbocycles. The van der Waals surface area contributed by atoms with Crippen molar-refractivity contribution < 1.29 is 0 Å². The van der Waals surface area contributed by atoms with Crippen LogP contribution in [0.15, 0.2) is 28.7 Å². The van der Waals surface area contributed by atoms with Gasteiger partial charge in [-0.15, -0.1) is 0 Å². The smallest absolute Gasteiger partial charge is 0.0177 e. The van der Waals surface area contributed by atoms with E-state index in [2.05, 4.69) is 62.4 Å². The molecule has 3 heteroatoms. The predicted octanol–water partition coefficient (Wildman–Crippen LogP) is 5.15. The van der Waals surface area contributed by atoms with Crippen LogP contribution in [0.2, 0.25) is 0 Å². The van der Waals surface area contributed by atoms with Crippen LogP contribution in [0, 0.1) is 5.92 Å². The first-order chi connectivity index (χ1) is 7.76. The van der Waals surface area contributed by atoms with Crippen LogP contribution < -0.4 is 0 Å². The molecule has 1 aromatic rings. The molecule has 0 aliphatic rings. The molecule has 0 spiro atoms. The highest BCUT2D eigenvalue weighted by Crippen LogP contribution is 2.20. The Balaban J connectivity index is 2.43. The van der Waals surface area contributed by atoms with Crippen LogP contribution in [0.3, 0.4) is 0 Å². The number of alkyl halides is 1. The van der Waals surface area contributed by atoms with E-state index < -0.39 is 0 Å². The number of halogens is 2. The van der Waals surface area contributed by atoms with E-state index >= 15 is 0 Å². The Bertz CT molecular complexity index is 302. The molecule has 0 fully saturated rings.